The Bertz CT molecular complexity index is 189. The van der Waals surface area contributed by atoms with Crippen molar-refractivity contribution in [3.05, 3.63) is 0 Å². The van der Waals surface area contributed by atoms with Crippen molar-refractivity contribution >= 4 is 0 Å². The molecule has 2 atom stereocenters. The zero-order valence-corrected chi connectivity index (χ0v) is 12.4. The third-order valence-electron chi connectivity index (χ3n) is 4.43. The van der Waals surface area contributed by atoms with Crippen LogP contribution < -0.4 is 0 Å². The molecule has 1 aliphatic carbocycles. The molecule has 102 valence electrons. The lowest BCUT2D eigenvalue weighted by Gasteiger charge is -2.37. The minimum atomic E-state index is 0.860. The third kappa shape index (κ3) is 4.97. The number of rotatable bonds is 7. The van der Waals surface area contributed by atoms with Gasteiger partial charge in [-0.15, -0.1) is 0 Å². The standard InChI is InChI=1S/C15H32N2/c1-5-16(6-2)11-12-17(7-3)15-10-8-9-14(4)13-15/h14-15H,5-13H2,1-4H3/t14-,15+/m0/s1. The van der Waals surface area contributed by atoms with Crippen LogP contribution in [-0.4, -0.2) is 48.6 Å². The van der Waals surface area contributed by atoms with E-state index >= 15 is 0 Å². The maximum Gasteiger partial charge on any atom is 0.0112 e. The van der Waals surface area contributed by atoms with Gasteiger partial charge in [0, 0.05) is 19.1 Å². The second kappa shape index (κ2) is 8.10. The van der Waals surface area contributed by atoms with E-state index in [0.29, 0.717) is 0 Å². The van der Waals surface area contributed by atoms with Gasteiger partial charge in [-0.05, 0) is 38.4 Å². The minimum absolute atomic E-state index is 0.860. The lowest BCUT2D eigenvalue weighted by Crippen LogP contribution is -2.43. The summed E-state index contributed by atoms with van der Waals surface area (Å²) >= 11 is 0. The van der Waals surface area contributed by atoms with Gasteiger partial charge < -0.3 is 4.90 Å². The van der Waals surface area contributed by atoms with Crippen molar-refractivity contribution in [2.75, 3.05) is 32.7 Å². The third-order valence-corrected chi connectivity index (χ3v) is 4.43. The van der Waals surface area contributed by atoms with Gasteiger partial charge in [-0.1, -0.05) is 40.5 Å². The van der Waals surface area contributed by atoms with Crippen LogP contribution in [0.3, 0.4) is 0 Å². The molecule has 0 unspecified atom stereocenters. The van der Waals surface area contributed by atoms with Gasteiger partial charge in [0.1, 0.15) is 0 Å². The van der Waals surface area contributed by atoms with Crippen LogP contribution in [0.25, 0.3) is 0 Å². The van der Waals surface area contributed by atoms with E-state index in [2.05, 4.69) is 37.5 Å². The first-order chi connectivity index (χ1) is 8.21. The van der Waals surface area contributed by atoms with E-state index in [-0.39, 0.29) is 0 Å². The van der Waals surface area contributed by atoms with Gasteiger partial charge in [0.05, 0.1) is 0 Å². The zero-order valence-electron chi connectivity index (χ0n) is 12.4. The lowest BCUT2D eigenvalue weighted by molar-refractivity contribution is 0.124. The maximum absolute atomic E-state index is 2.72. The largest absolute Gasteiger partial charge is 0.303 e. The zero-order chi connectivity index (χ0) is 12.7. The Morgan fingerprint density at radius 3 is 2.18 bits per heavy atom. The SMILES string of the molecule is CCN(CC)CCN(CC)[C@@H]1CCC[C@H](C)C1. The molecule has 0 heterocycles. The molecule has 0 aromatic rings. The molecular formula is C15H32N2. The first-order valence-electron chi connectivity index (χ1n) is 7.67. The fourth-order valence-corrected chi connectivity index (χ4v) is 3.14. The molecule has 0 aromatic heterocycles. The Balaban J connectivity index is 2.36. The quantitative estimate of drug-likeness (QED) is 0.674. The molecule has 1 aliphatic rings. The summed E-state index contributed by atoms with van der Waals surface area (Å²) in [7, 11) is 0. The highest BCUT2D eigenvalue weighted by molar-refractivity contribution is 4.78. The molecule has 2 nitrogen and oxygen atoms in total. The van der Waals surface area contributed by atoms with Gasteiger partial charge in [-0.3, -0.25) is 4.90 Å². The van der Waals surface area contributed by atoms with Crippen molar-refractivity contribution in [1.82, 2.24) is 9.80 Å². The number of nitrogens with zero attached hydrogens (tertiary/aromatic N) is 2. The number of hydrogen-bond donors (Lipinski definition) is 0. The molecule has 1 rings (SSSR count). The van der Waals surface area contributed by atoms with E-state index in [4.69, 9.17) is 0 Å². The maximum atomic E-state index is 2.72. The lowest BCUT2D eigenvalue weighted by atomic mass is 9.86. The predicted octanol–water partition coefficient (Wildman–Crippen LogP) is 3.23. The second-order valence-corrected chi connectivity index (χ2v) is 5.58. The van der Waals surface area contributed by atoms with Crippen molar-refractivity contribution in [1.29, 1.82) is 0 Å². The van der Waals surface area contributed by atoms with Crippen LogP contribution in [0.2, 0.25) is 0 Å². The fourth-order valence-electron chi connectivity index (χ4n) is 3.14. The van der Waals surface area contributed by atoms with E-state index < -0.39 is 0 Å². The van der Waals surface area contributed by atoms with Crippen molar-refractivity contribution in [3.63, 3.8) is 0 Å². The number of hydrogen-bond acceptors (Lipinski definition) is 2. The smallest absolute Gasteiger partial charge is 0.0112 e. The molecule has 0 spiro atoms. The molecule has 1 fully saturated rings. The van der Waals surface area contributed by atoms with Gasteiger partial charge in [0.15, 0.2) is 0 Å². The van der Waals surface area contributed by atoms with Crippen LogP contribution in [0.4, 0.5) is 0 Å². The number of likely N-dealkylation sites (N-methyl/N-ethyl adjacent to an activating group) is 2. The van der Waals surface area contributed by atoms with E-state index in [9.17, 15) is 0 Å². The summed E-state index contributed by atoms with van der Waals surface area (Å²) in [5, 5.41) is 0. The van der Waals surface area contributed by atoms with Crippen LogP contribution in [-0.2, 0) is 0 Å². The van der Waals surface area contributed by atoms with E-state index in [1.807, 2.05) is 0 Å². The molecule has 0 amide bonds. The first kappa shape index (κ1) is 15.0. The van der Waals surface area contributed by atoms with Gasteiger partial charge in [-0.2, -0.15) is 0 Å². The van der Waals surface area contributed by atoms with Crippen molar-refractivity contribution in [2.24, 2.45) is 5.92 Å². The molecule has 0 saturated heterocycles. The van der Waals surface area contributed by atoms with E-state index in [0.717, 1.165) is 12.0 Å². The Morgan fingerprint density at radius 2 is 1.65 bits per heavy atom. The second-order valence-electron chi connectivity index (χ2n) is 5.58. The summed E-state index contributed by atoms with van der Waals surface area (Å²) in [5.74, 6) is 0.941. The van der Waals surface area contributed by atoms with E-state index in [1.54, 1.807) is 0 Å². The van der Waals surface area contributed by atoms with Crippen LogP contribution >= 0.6 is 0 Å². The predicted molar refractivity (Wildman–Crippen MR) is 76.5 cm³/mol. The topological polar surface area (TPSA) is 6.48 Å². The molecule has 0 radical (unpaired) electrons. The van der Waals surface area contributed by atoms with Crippen LogP contribution in [0, 0.1) is 5.92 Å². The highest BCUT2D eigenvalue weighted by Crippen LogP contribution is 2.27. The van der Waals surface area contributed by atoms with Crippen LogP contribution in [0.5, 0.6) is 0 Å². The summed E-state index contributed by atoms with van der Waals surface area (Å²) in [6, 6.07) is 0.860. The summed E-state index contributed by atoms with van der Waals surface area (Å²) in [6.07, 6.45) is 5.74. The normalized spacial score (nSPS) is 25.8. The summed E-state index contributed by atoms with van der Waals surface area (Å²) < 4.78 is 0. The van der Waals surface area contributed by atoms with Gasteiger partial charge in [0.25, 0.3) is 0 Å². The molecule has 0 bridgehead atoms. The molecule has 17 heavy (non-hydrogen) atoms. The molecule has 2 heteroatoms. The highest BCUT2D eigenvalue weighted by Gasteiger charge is 2.23. The van der Waals surface area contributed by atoms with Gasteiger partial charge in [0.2, 0.25) is 0 Å². The molecule has 0 N–H and O–H groups in total. The Kier molecular flexibility index (Phi) is 7.14. The summed E-state index contributed by atoms with van der Waals surface area (Å²) in [5.41, 5.74) is 0. The van der Waals surface area contributed by atoms with Crippen LogP contribution in [0.1, 0.15) is 53.4 Å². The van der Waals surface area contributed by atoms with E-state index in [1.165, 1.54) is 58.4 Å². The van der Waals surface area contributed by atoms with Crippen LogP contribution in [0.15, 0.2) is 0 Å². The Labute approximate surface area is 108 Å². The summed E-state index contributed by atoms with van der Waals surface area (Å²) in [6.45, 7) is 15.4. The molecule has 0 aromatic carbocycles. The molecule has 0 aliphatic heterocycles. The first-order valence-corrected chi connectivity index (χ1v) is 7.67. The molecule has 1 saturated carbocycles. The highest BCUT2D eigenvalue weighted by atomic mass is 15.2. The van der Waals surface area contributed by atoms with Crippen molar-refractivity contribution < 1.29 is 0 Å². The van der Waals surface area contributed by atoms with Gasteiger partial charge in [-0.25, -0.2) is 0 Å². The van der Waals surface area contributed by atoms with Crippen molar-refractivity contribution in [3.8, 4) is 0 Å². The summed E-state index contributed by atoms with van der Waals surface area (Å²) in [4.78, 5) is 5.25. The van der Waals surface area contributed by atoms with Gasteiger partial charge >= 0.3 is 0 Å². The average Bonchev–Trinajstić information content (AvgIpc) is 2.35. The fraction of sp³-hybridized carbons (Fsp3) is 1.00. The average molecular weight is 240 g/mol. The minimum Gasteiger partial charge on any atom is -0.303 e. The van der Waals surface area contributed by atoms with Crippen molar-refractivity contribution in [2.45, 2.75) is 59.4 Å². The monoisotopic (exact) mass is 240 g/mol. The molecular weight excluding hydrogens is 208 g/mol. The Morgan fingerprint density at radius 1 is 0.941 bits per heavy atom. The Hall–Kier alpha value is -0.0800.